The number of aliphatic hydroxyl groups is 1. The van der Waals surface area contributed by atoms with Crippen LogP contribution >= 0.6 is 12.4 Å². The van der Waals surface area contributed by atoms with Crippen LogP contribution in [0.1, 0.15) is 38.5 Å². The first-order chi connectivity index (χ1) is 7.79. The van der Waals surface area contributed by atoms with Crippen molar-refractivity contribution in [2.75, 3.05) is 34.3 Å². The fourth-order valence-electron chi connectivity index (χ4n) is 1.41. The lowest BCUT2D eigenvalue weighted by Crippen LogP contribution is -2.35. The first-order valence-corrected chi connectivity index (χ1v) is 6.17. The Balaban J connectivity index is -0.000000392. The summed E-state index contributed by atoms with van der Waals surface area (Å²) in [5.74, 6) is 0. The largest absolute Gasteiger partial charge is 0.530 e. The summed E-state index contributed by atoms with van der Waals surface area (Å²) in [6.07, 6.45) is 5.90. The van der Waals surface area contributed by atoms with Gasteiger partial charge in [0.05, 0.1) is 27.7 Å². The van der Waals surface area contributed by atoms with Crippen LogP contribution in [0.2, 0.25) is 0 Å². The number of quaternary nitrogens is 1. The average molecular weight is 285 g/mol. The summed E-state index contributed by atoms with van der Waals surface area (Å²) < 4.78 is 1.08. The standard InChI is InChI=1S/C11H26NO.CH3NO2.ClH/c1-12(2,3)10-8-6-4-5-7-9-11-13;2-1(3)4;/h13H,4-11H2,1-3H3;2H2,(H,3,4);1H/q+1;;/p-1. The van der Waals surface area contributed by atoms with Gasteiger partial charge in [-0.15, -0.1) is 12.4 Å². The van der Waals surface area contributed by atoms with Gasteiger partial charge >= 0.3 is 0 Å². The van der Waals surface area contributed by atoms with Gasteiger partial charge in [-0.1, -0.05) is 19.3 Å². The van der Waals surface area contributed by atoms with Crippen molar-refractivity contribution in [1.29, 1.82) is 0 Å². The number of halogens is 1. The zero-order chi connectivity index (χ0) is 13.7. The molecule has 6 heteroatoms. The maximum Gasteiger partial charge on any atom is 0.131 e. The monoisotopic (exact) mass is 284 g/mol. The van der Waals surface area contributed by atoms with Gasteiger partial charge in [0.15, 0.2) is 0 Å². The van der Waals surface area contributed by atoms with Gasteiger partial charge in [0, 0.05) is 6.61 Å². The van der Waals surface area contributed by atoms with Crippen molar-refractivity contribution in [1.82, 2.24) is 0 Å². The second-order valence-corrected chi connectivity index (χ2v) is 5.18. The fraction of sp³-hybridized carbons (Fsp3) is 0.917. The lowest BCUT2D eigenvalue weighted by Gasteiger charge is -2.23. The number of hydrogen-bond donors (Lipinski definition) is 2. The molecule has 0 radical (unpaired) electrons. The number of carboxylic acid groups (broad SMARTS) is 1. The Morgan fingerprint density at radius 3 is 1.72 bits per heavy atom. The van der Waals surface area contributed by atoms with Gasteiger partial charge in [0.1, 0.15) is 6.09 Å². The highest BCUT2D eigenvalue weighted by Gasteiger charge is 2.04. The minimum Gasteiger partial charge on any atom is -0.530 e. The van der Waals surface area contributed by atoms with Crippen molar-refractivity contribution in [2.24, 2.45) is 5.73 Å². The van der Waals surface area contributed by atoms with Gasteiger partial charge in [0.25, 0.3) is 0 Å². The number of carbonyl (C=O) groups is 1. The first-order valence-electron chi connectivity index (χ1n) is 6.17. The minimum atomic E-state index is -1.58. The molecule has 0 aliphatic rings. The Morgan fingerprint density at radius 2 is 1.39 bits per heavy atom. The average Bonchev–Trinajstić information content (AvgIpc) is 2.14. The molecule has 0 bridgehead atoms. The number of nitrogens with zero attached hydrogens (tertiary/aromatic N) is 1. The summed E-state index contributed by atoms with van der Waals surface area (Å²) in [4.78, 5) is 8.67. The lowest BCUT2D eigenvalue weighted by molar-refractivity contribution is -0.870. The van der Waals surface area contributed by atoms with E-state index in [9.17, 15) is 0 Å². The van der Waals surface area contributed by atoms with Crippen LogP contribution < -0.4 is 10.8 Å². The number of hydrogen-bond acceptors (Lipinski definition) is 3. The summed E-state index contributed by atoms with van der Waals surface area (Å²) >= 11 is 0. The molecule has 0 saturated carbocycles. The fourth-order valence-corrected chi connectivity index (χ4v) is 1.41. The topological polar surface area (TPSA) is 86.4 Å². The van der Waals surface area contributed by atoms with E-state index in [4.69, 9.17) is 15.0 Å². The number of carbonyl (C=O) groups excluding carboxylic acids is 1. The van der Waals surface area contributed by atoms with E-state index >= 15 is 0 Å². The SMILES string of the molecule is C[N+](C)(C)CCCCCCCCO.Cl.NC(=O)[O-]. The molecule has 0 saturated heterocycles. The third kappa shape index (κ3) is 36.1. The zero-order valence-corrected chi connectivity index (χ0v) is 12.7. The quantitative estimate of drug-likeness (QED) is 0.509. The van der Waals surface area contributed by atoms with Gasteiger partial charge in [0.2, 0.25) is 0 Å². The second-order valence-electron chi connectivity index (χ2n) is 5.18. The molecule has 0 aromatic heterocycles. The van der Waals surface area contributed by atoms with Crippen molar-refractivity contribution in [3.8, 4) is 0 Å². The van der Waals surface area contributed by atoms with Crippen molar-refractivity contribution in [2.45, 2.75) is 38.5 Å². The van der Waals surface area contributed by atoms with E-state index in [2.05, 4.69) is 26.9 Å². The molecule has 0 aliphatic heterocycles. The molecule has 0 unspecified atom stereocenters. The molecular formula is C12H29ClN2O3. The van der Waals surface area contributed by atoms with Gasteiger partial charge < -0.3 is 25.2 Å². The molecule has 0 spiro atoms. The first kappa shape index (κ1) is 22.6. The van der Waals surface area contributed by atoms with Crippen LogP contribution in [0.3, 0.4) is 0 Å². The van der Waals surface area contributed by atoms with Gasteiger partial charge in [-0.05, 0) is 19.3 Å². The number of rotatable bonds is 8. The van der Waals surface area contributed by atoms with E-state index in [-0.39, 0.29) is 12.4 Å². The Labute approximate surface area is 117 Å². The predicted octanol–water partition coefficient (Wildman–Crippen LogP) is 0.736. The lowest BCUT2D eigenvalue weighted by atomic mass is 10.1. The van der Waals surface area contributed by atoms with E-state index in [1.54, 1.807) is 0 Å². The van der Waals surface area contributed by atoms with Crippen molar-refractivity contribution in [3.63, 3.8) is 0 Å². The van der Waals surface area contributed by atoms with Crippen molar-refractivity contribution < 1.29 is 19.5 Å². The summed E-state index contributed by atoms with van der Waals surface area (Å²) in [6, 6.07) is 0. The number of nitrogens with two attached hydrogens (primary N) is 1. The summed E-state index contributed by atoms with van der Waals surface area (Å²) in [6.45, 7) is 1.64. The van der Waals surface area contributed by atoms with Crippen LogP contribution in [-0.4, -0.2) is 50.0 Å². The Morgan fingerprint density at radius 1 is 1.06 bits per heavy atom. The predicted molar refractivity (Wildman–Crippen MR) is 74.5 cm³/mol. The summed E-state index contributed by atoms with van der Waals surface area (Å²) in [5, 5.41) is 17.2. The molecule has 3 N–H and O–H groups in total. The molecule has 0 aromatic rings. The van der Waals surface area contributed by atoms with Crippen molar-refractivity contribution >= 4 is 18.5 Å². The van der Waals surface area contributed by atoms with Crippen LogP contribution in [0.15, 0.2) is 0 Å². The second kappa shape index (κ2) is 14.5. The molecule has 18 heavy (non-hydrogen) atoms. The molecule has 0 fully saturated rings. The van der Waals surface area contributed by atoms with Gasteiger partial charge in [-0.2, -0.15) is 0 Å². The normalized spacial score (nSPS) is 10.0. The van der Waals surface area contributed by atoms with Crippen LogP contribution in [0.25, 0.3) is 0 Å². The van der Waals surface area contributed by atoms with E-state index in [0.29, 0.717) is 6.61 Å². The number of amides is 1. The number of primary amides is 1. The van der Waals surface area contributed by atoms with Crippen LogP contribution in [0, 0.1) is 0 Å². The molecule has 0 aliphatic carbocycles. The molecule has 0 aromatic carbocycles. The van der Waals surface area contributed by atoms with Crippen LogP contribution in [-0.2, 0) is 0 Å². The van der Waals surface area contributed by atoms with Crippen molar-refractivity contribution in [3.05, 3.63) is 0 Å². The molecule has 5 nitrogen and oxygen atoms in total. The van der Waals surface area contributed by atoms with Crippen LogP contribution in [0.4, 0.5) is 4.79 Å². The van der Waals surface area contributed by atoms with E-state index < -0.39 is 6.09 Å². The maximum absolute atomic E-state index is 8.67. The zero-order valence-electron chi connectivity index (χ0n) is 11.9. The third-order valence-corrected chi connectivity index (χ3v) is 2.24. The molecular weight excluding hydrogens is 256 g/mol. The molecule has 1 amide bonds. The Kier molecular flexibility index (Phi) is 18.3. The summed E-state index contributed by atoms with van der Waals surface area (Å²) in [7, 11) is 6.73. The summed E-state index contributed by atoms with van der Waals surface area (Å²) in [5.41, 5.74) is 3.92. The van der Waals surface area contributed by atoms with Gasteiger partial charge in [-0.25, -0.2) is 0 Å². The highest BCUT2D eigenvalue weighted by Crippen LogP contribution is 2.06. The highest BCUT2D eigenvalue weighted by molar-refractivity contribution is 5.85. The Hall–Kier alpha value is -0.520. The molecule has 0 heterocycles. The number of aliphatic hydroxyl groups excluding tert-OH is 1. The molecule has 0 atom stereocenters. The molecule has 112 valence electrons. The highest BCUT2D eigenvalue weighted by atomic mass is 35.5. The van der Waals surface area contributed by atoms with Gasteiger partial charge in [-0.3, -0.25) is 0 Å². The smallest absolute Gasteiger partial charge is 0.131 e. The van der Waals surface area contributed by atoms with E-state index in [1.807, 2.05) is 0 Å². The number of unbranched alkanes of at least 4 members (excludes halogenated alkanes) is 5. The van der Waals surface area contributed by atoms with E-state index in [0.717, 1.165) is 10.9 Å². The van der Waals surface area contributed by atoms with E-state index in [1.165, 1.54) is 38.6 Å². The minimum absolute atomic E-state index is 0. The third-order valence-electron chi connectivity index (χ3n) is 2.24. The Bertz CT molecular complexity index is 181. The van der Waals surface area contributed by atoms with Crippen LogP contribution in [0.5, 0.6) is 0 Å². The maximum atomic E-state index is 8.67. The molecule has 0 rings (SSSR count).